The van der Waals surface area contributed by atoms with E-state index >= 15 is 0 Å². The van der Waals surface area contributed by atoms with Crippen LogP contribution in [0, 0.1) is 5.82 Å². The molecule has 2 unspecified atom stereocenters. The Balaban J connectivity index is 2.02. The fourth-order valence-electron chi connectivity index (χ4n) is 2.74. The third-order valence-electron chi connectivity index (χ3n) is 3.82. The smallest absolute Gasteiger partial charge is 0.128 e. The topological polar surface area (TPSA) is 29.5 Å². The van der Waals surface area contributed by atoms with Crippen molar-refractivity contribution < 1.29 is 14.2 Å². The van der Waals surface area contributed by atoms with E-state index in [0.29, 0.717) is 23.0 Å². The maximum Gasteiger partial charge on any atom is 0.128 e. The molecule has 0 amide bonds. The zero-order valence-electron chi connectivity index (χ0n) is 9.65. The van der Waals surface area contributed by atoms with Gasteiger partial charge in [0, 0.05) is 23.3 Å². The Bertz CT molecular complexity index is 451. The molecule has 0 aromatic heterocycles. The number of rotatable bonds is 0. The molecule has 1 aromatic rings. The fraction of sp³-hybridized carbons (Fsp3) is 0.538. The van der Waals surface area contributed by atoms with Crippen molar-refractivity contribution in [1.29, 1.82) is 0 Å². The van der Waals surface area contributed by atoms with Crippen LogP contribution in [0.4, 0.5) is 4.39 Å². The second-order valence-corrected chi connectivity index (χ2v) is 6.28. The Kier molecular flexibility index (Phi) is 2.60. The molecule has 1 aromatic carbocycles. The number of ether oxygens (including phenoxy) is 1. The molecule has 0 bridgehead atoms. The number of benzene rings is 1. The van der Waals surface area contributed by atoms with Crippen molar-refractivity contribution in [3.8, 4) is 5.75 Å². The Labute approximate surface area is 104 Å². The molecule has 2 nitrogen and oxygen atoms in total. The number of halogens is 1. The molecule has 3 atom stereocenters. The van der Waals surface area contributed by atoms with E-state index in [2.05, 4.69) is 6.92 Å². The molecule has 1 fully saturated rings. The first-order valence-electron chi connectivity index (χ1n) is 5.89. The molecular formula is C13H15FO2S. The Hall–Kier alpha value is -0.740. The van der Waals surface area contributed by atoms with Crippen LogP contribution in [-0.4, -0.2) is 21.7 Å². The molecule has 2 aliphatic heterocycles. The van der Waals surface area contributed by atoms with Crippen LogP contribution in [0.1, 0.15) is 31.4 Å². The van der Waals surface area contributed by atoms with E-state index < -0.39 is 6.10 Å². The van der Waals surface area contributed by atoms with Gasteiger partial charge in [0.05, 0.1) is 6.10 Å². The van der Waals surface area contributed by atoms with Crippen molar-refractivity contribution in [1.82, 2.24) is 0 Å². The van der Waals surface area contributed by atoms with E-state index in [9.17, 15) is 9.50 Å². The number of aliphatic hydroxyl groups excluding tert-OH is 1. The van der Waals surface area contributed by atoms with Gasteiger partial charge in [-0.1, -0.05) is 0 Å². The summed E-state index contributed by atoms with van der Waals surface area (Å²) in [7, 11) is 0. The maximum absolute atomic E-state index is 13.2. The van der Waals surface area contributed by atoms with E-state index in [1.807, 2.05) is 11.8 Å². The van der Waals surface area contributed by atoms with E-state index in [1.165, 1.54) is 12.1 Å². The lowest BCUT2D eigenvalue weighted by molar-refractivity contribution is -0.0105. The first kappa shape index (κ1) is 11.4. The summed E-state index contributed by atoms with van der Waals surface area (Å²) in [5.41, 5.74) is 0.395. The van der Waals surface area contributed by atoms with Gasteiger partial charge in [-0.05, 0) is 31.2 Å². The van der Waals surface area contributed by atoms with Crippen LogP contribution < -0.4 is 4.74 Å². The Morgan fingerprint density at radius 3 is 3.06 bits per heavy atom. The summed E-state index contributed by atoms with van der Waals surface area (Å²) in [4.78, 5) is 0. The zero-order valence-corrected chi connectivity index (χ0v) is 10.5. The van der Waals surface area contributed by atoms with Gasteiger partial charge in [-0.25, -0.2) is 4.39 Å². The summed E-state index contributed by atoms with van der Waals surface area (Å²) in [6, 6.07) is 4.38. The van der Waals surface area contributed by atoms with E-state index in [0.717, 1.165) is 12.2 Å². The highest BCUT2D eigenvalue weighted by Crippen LogP contribution is 2.49. The molecule has 2 heterocycles. The number of hydrogen-bond acceptors (Lipinski definition) is 3. The minimum atomic E-state index is -0.541. The monoisotopic (exact) mass is 254 g/mol. The Morgan fingerprint density at radius 1 is 1.53 bits per heavy atom. The zero-order chi connectivity index (χ0) is 12.0. The van der Waals surface area contributed by atoms with Crippen LogP contribution in [0.2, 0.25) is 0 Å². The van der Waals surface area contributed by atoms with Gasteiger partial charge >= 0.3 is 0 Å². The predicted octanol–water partition coefficient (Wildman–Crippen LogP) is 2.91. The first-order valence-corrected chi connectivity index (χ1v) is 6.94. The lowest BCUT2D eigenvalue weighted by Crippen LogP contribution is -2.45. The quantitative estimate of drug-likeness (QED) is 0.772. The first-order chi connectivity index (χ1) is 8.11. The van der Waals surface area contributed by atoms with Crippen molar-refractivity contribution in [3.63, 3.8) is 0 Å². The van der Waals surface area contributed by atoms with Gasteiger partial charge in [0.25, 0.3) is 0 Å². The predicted molar refractivity (Wildman–Crippen MR) is 65.9 cm³/mol. The van der Waals surface area contributed by atoms with Crippen LogP contribution in [0.3, 0.4) is 0 Å². The molecule has 2 aliphatic rings. The van der Waals surface area contributed by atoms with Gasteiger partial charge in [-0.3, -0.25) is 0 Å². The highest BCUT2D eigenvalue weighted by molar-refractivity contribution is 8.00. The minimum absolute atomic E-state index is 0.314. The number of hydrogen-bond donors (Lipinski definition) is 1. The second kappa shape index (κ2) is 3.89. The molecule has 4 heteroatoms. The second-order valence-electron chi connectivity index (χ2n) is 4.83. The third-order valence-corrected chi connectivity index (χ3v) is 5.19. The van der Waals surface area contributed by atoms with Crippen LogP contribution in [0.25, 0.3) is 0 Å². The minimum Gasteiger partial charge on any atom is -0.485 e. The molecule has 17 heavy (non-hydrogen) atoms. The van der Waals surface area contributed by atoms with Gasteiger partial charge in [0.2, 0.25) is 0 Å². The third kappa shape index (κ3) is 1.74. The number of aliphatic hydroxyl groups is 1. The lowest BCUT2D eigenvalue weighted by atomic mass is 9.85. The molecule has 1 saturated heterocycles. The molecule has 0 aliphatic carbocycles. The normalized spacial score (nSPS) is 35.7. The molecule has 0 radical (unpaired) electrons. The van der Waals surface area contributed by atoms with Crippen molar-refractivity contribution in [3.05, 3.63) is 29.6 Å². The highest BCUT2D eigenvalue weighted by Gasteiger charge is 2.48. The van der Waals surface area contributed by atoms with E-state index in [-0.39, 0.29) is 11.4 Å². The van der Waals surface area contributed by atoms with Gasteiger partial charge in [-0.15, -0.1) is 0 Å². The van der Waals surface area contributed by atoms with Crippen LogP contribution in [-0.2, 0) is 0 Å². The molecule has 3 rings (SSSR count). The lowest BCUT2D eigenvalue weighted by Gasteiger charge is -2.40. The van der Waals surface area contributed by atoms with Crippen molar-refractivity contribution in [2.75, 3.05) is 5.75 Å². The average Bonchev–Trinajstić information content (AvgIpc) is 2.59. The fourth-order valence-corrected chi connectivity index (χ4v) is 4.12. The summed E-state index contributed by atoms with van der Waals surface area (Å²) in [5, 5.41) is 10.5. The highest BCUT2D eigenvalue weighted by atomic mass is 32.2. The van der Waals surface area contributed by atoms with Crippen LogP contribution in [0.5, 0.6) is 5.75 Å². The van der Waals surface area contributed by atoms with Gasteiger partial charge < -0.3 is 9.84 Å². The molecule has 1 N–H and O–H groups in total. The summed E-state index contributed by atoms with van der Waals surface area (Å²) in [6.07, 6.45) is 0.992. The number of thioether (sulfide) groups is 1. The average molecular weight is 254 g/mol. The van der Waals surface area contributed by atoms with Crippen molar-refractivity contribution in [2.24, 2.45) is 0 Å². The maximum atomic E-state index is 13.2. The van der Waals surface area contributed by atoms with Crippen LogP contribution >= 0.6 is 11.8 Å². The molecule has 0 saturated carbocycles. The van der Waals surface area contributed by atoms with Crippen molar-refractivity contribution in [2.45, 2.75) is 36.7 Å². The summed E-state index contributed by atoms with van der Waals surface area (Å²) in [6.45, 7) is 2.12. The number of fused-ring (bicyclic) bond motifs is 1. The van der Waals surface area contributed by atoms with Gasteiger partial charge in [0.15, 0.2) is 0 Å². The van der Waals surface area contributed by atoms with Crippen molar-refractivity contribution >= 4 is 11.8 Å². The molecular weight excluding hydrogens is 239 g/mol. The van der Waals surface area contributed by atoms with E-state index in [4.69, 9.17) is 4.74 Å². The largest absolute Gasteiger partial charge is 0.485 e. The summed E-state index contributed by atoms with van der Waals surface area (Å²) < 4.78 is 19.3. The van der Waals surface area contributed by atoms with Crippen LogP contribution in [0.15, 0.2) is 18.2 Å². The summed E-state index contributed by atoms with van der Waals surface area (Å²) >= 11 is 1.85. The summed E-state index contributed by atoms with van der Waals surface area (Å²) in [5.74, 6) is 1.24. The van der Waals surface area contributed by atoms with E-state index in [1.54, 1.807) is 6.07 Å². The SMILES string of the molecule is CC1SCCC12C[C@@H](O)c1ccc(F)cc1O2. The standard InChI is InChI=1S/C13H15FO2S/c1-8-13(4-5-17-8)7-11(15)10-3-2-9(14)6-12(10)16-13/h2-3,6,8,11,15H,4-5,7H2,1H3/t8?,11-,13?/m1/s1. The van der Waals surface area contributed by atoms with Gasteiger partial charge in [-0.2, -0.15) is 11.8 Å². The van der Waals surface area contributed by atoms with Gasteiger partial charge in [0.1, 0.15) is 17.2 Å². The molecule has 1 spiro atoms. The molecule has 92 valence electrons. The Morgan fingerprint density at radius 2 is 2.35 bits per heavy atom.